The molecule has 0 spiro atoms. The average Bonchev–Trinajstić information content (AvgIpc) is 2.92. The van der Waals surface area contributed by atoms with Crippen molar-refractivity contribution < 1.29 is 9.59 Å². The van der Waals surface area contributed by atoms with Gasteiger partial charge in [-0.05, 0) is 24.8 Å². The van der Waals surface area contributed by atoms with Gasteiger partial charge >= 0.3 is 0 Å². The molecule has 1 aromatic carbocycles. The van der Waals surface area contributed by atoms with E-state index in [1.54, 1.807) is 11.0 Å². The molecule has 104 valence electrons. The summed E-state index contributed by atoms with van der Waals surface area (Å²) >= 11 is 0. The minimum Gasteiger partial charge on any atom is -0.315 e. The molecule has 0 bridgehead atoms. The van der Waals surface area contributed by atoms with Crippen molar-refractivity contribution in [3.05, 3.63) is 29.3 Å². The molecular weight excluding hydrogens is 252 g/mol. The lowest BCUT2D eigenvalue weighted by Gasteiger charge is -2.33. The summed E-state index contributed by atoms with van der Waals surface area (Å²) < 4.78 is 0. The number of amides is 1. The minimum atomic E-state index is -0.473. The molecule has 1 aliphatic heterocycles. The number of rotatable bonds is 2. The topological polar surface area (TPSA) is 49.7 Å². The standard InChI is InChI=1S/C16H18N2O2/c1-18-14(20)8-7-12-5-4-6-13(15(12)18)16(17-11-19)9-2-3-10-16/h4-6H,2-3,7-10H2,1H3. The maximum Gasteiger partial charge on any atom is 0.235 e. The summed E-state index contributed by atoms with van der Waals surface area (Å²) in [6, 6.07) is 6.09. The first kappa shape index (κ1) is 13.1. The fourth-order valence-electron chi connectivity index (χ4n) is 3.59. The van der Waals surface area contributed by atoms with Gasteiger partial charge in [0.25, 0.3) is 0 Å². The van der Waals surface area contributed by atoms with Crippen LogP contribution in [0.1, 0.15) is 43.2 Å². The van der Waals surface area contributed by atoms with E-state index >= 15 is 0 Å². The molecule has 1 saturated carbocycles. The zero-order valence-corrected chi connectivity index (χ0v) is 11.7. The van der Waals surface area contributed by atoms with E-state index in [0.29, 0.717) is 6.42 Å². The van der Waals surface area contributed by atoms with Crippen molar-refractivity contribution in [1.29, 1.82) is 0 Å². The van der Waals surface area contributed by atoms with Gasteiger partial charge in [-0.15, -0.1) is 0 Å². The Hall–Kier alpha value is -1.93. The third-order valence-corrected chi connectivity index (χ3v) is 4.63. The van der Waals surface area contributed by atoms with E-state index in [2.05, 4.69) is 11.1 Å². The van der Waals surface area contributed by atoms with Gasteiger partial charge in [0, 0.05) is 19.0 Å². The van der Waals surface area contributed by atoms with E-state index in [-0.39, 0.29) is 5.91 Å². The quantitative estimate of drug-likeness (QED) is 0.613. The summed E-state index contributed by atoms with van der Waals surface area (Å²) in [5, 5.41) is 0. The van der Waals surface area contributed by atoms with Gasteiger partial charge in [0.1, 0.15) is 5.54 Å². The molecule has 4 heteroatoms. The number of carbonyl (C=O) groups is 1. The molecule has 1 aromatic rings. The Balaban J connectivity index is 2.19. The lowest BCUT2D eigenvalue weighted by Crippen LogP contribution is -2.34. The number of hydrogen-bond acceptors (Lipinski definition) is 3. The van der Waals surface area contributed by atoms with Crippen molar-refractivity contribution in [3.63, 3.8) is 0 Å². The molecule has 4 nitrogen and oxygen atoms in total. The Labute approximate surface area is 118 Å². The third kappa shape index (κ3) is 1.88. The highest BCUT2D eigenvalue weighted by Gasteiger charge is 2.39. The van der Waals surface area contributed by atoms with E-state index in [4.69, 9.17) is 0 Å². The van der Waals surface area contributed by atoms with Crippen LogP contribution in [0.25, 0.3) is 0 Å². The summed E-state index contributed by atoms with van der Waals surface area (Å²) in [5.41, 5.74) is 2.69. The van der Waals surface area contributed by atoms with Gasteiger partial charge in [0.05, 0.1) is 5.69 Å². The number of nitrogens with zero attached hydrogens (tertiary/aromatic N) is 2. The summed E-state index contributed by atoms with van der Waals surface area (Å²) in [4.78, 5) is 28.8. The zero-order chi connectivity index (χ0) is 14.2. The lowest BCUT2D eigenvalue weighted by molar-refractivity contribution is -0.118. The van der Waals surface area contributed by atoms with Crippen LogP contribution in [0.3, 0.4) is 0 Å². The number of aryl methyl sites for hydroxylation is 1. The van der Waals surface area contributed by atoms with Crippen LogP contribution >= 0.6 is 0 Å². The van der Waals surface area contributed by atoms with E-state index < -0.39 is 5.54 Å². The number of fused-ring (bicyclic) bond motifs is 1. The monoisotopic (exact) mass is 270 g/mol. The molecule has 2 aliphatic rings. The molecule has 1 fully saturated rings. The molecule has 0 saturated heterocycles. The number of anilines is 1. The van der Waals surface area contributed by atoms with Crippen LogP contribution in [-0.2, 0) is 21.5 Å². The Morgan fingerprint density at radius 2 is 2.00 bits per heavy atom. The van der Waals surface area contributed by atoms with Crippen LogP contribution in [0.4, 0.5) is 5.69 Å². The van der Waals surface area contributed by atoms with Gasteiger partial charge in [-0.3, -0.25) is 4.79 Å². The Morgan fingerprint density at radius 3 is 2.70 bits per heavy atom. The summed E-state index contributed by atoms with van der Waals surface area (Å²) in [5.74, 6) is 0.133. The van der Waals surface area contributed by atoms with E-state index in [1.165, 1.54) is 5.56 Å². The van der Waals surface area contributed by atoms with E-state index in [0.717, 1.165) is 43.4 Å². The highest BCUT2D eigenvalue weighted by Crippen LogP contribution is 2.47. The summed E-state index contributed by atoms with van der Waals surface area (Å²) in [6.45, 7) is 0. The Kier molecular flexibility index (Phi) is 3.19. The number of para-hydroxylation sites is 1. The van der Waals surface area contributed by atoms with Crippen molar-refractivity contribution in [2.24, 2.45) is 4.99 Å². The second-order valence-corrected chi connectivity index (χ2v) is 5.71. The van der Waals surface area contributed by atoms with Gasteiger partial charge in [0.2, 0.25) is 12.0 Å². The van der Waals surface area contributed by atoms with E-state index in [9.17, 15) is 9.59 Å². The SMILES string of the molecule is CN1C(=O)CCc2cccc(C3(N=C=O)CCCC3)c21. The van der Waals surface area contributed by atoms with Crippen molar-refractivity contribution in [3.8, 4) is 0 Å². The normalized spacial score (nSPS) is 20.4. The van der Waals surface area contributed by atoms with Crippen molar-refractivity contribution in [2.75, 3.05) is 11.9 Å². The number of benzene rings is 1. The molecule has 0 radical (unpaired) electrons. The van der Waals surface area contributed by atoms with Gasteiger partial charge < -0.3 is 4.90 Å². The molecule has 3 rings (SSSR count). The number of isocyanates is 1. The van der Waals surface area contributed by atoms with Crippen molar-refractivity contribution in [1.82, 2.24) is 0 Å². The maximum atomic E-state index is 12.0. The molecule has 20 heavy (non-hydrogen) atoms. The van der Waals surface area contributed by atoms with E-state index in [1.807, 2.05) is 19.2 Å². The van der Waals surface area contributed by atoms with Gasteiger partial charge in [-0.25, -0.2) is 4.79 Å². The smallest absolute Gasteiger partial charge is 0.235 e. The molecule has 1 heterocycles. The molecular formula is C16H18N2O2. The average molecular weight is 270 g/mol. The highest BCUT2D eigenvalue weighted by molar-refractivity contribution is 5.97. The molecule has 1 amide bonds. The molecule has 1 aliphatic carbocycles. The Morgan fingerprint density at radius 1 is 1.25 bits per heavy atom. The first-order valence-corrected chi connectivity index (χ1v) is 7.16. The number of hydrogen-bond donors (Lipinski definition) is 0. The molecule has 0 unspecified atom stereocenters. The predicted octanol–water partition coefficient (Wildman–Crippen LogP) is 2.70. The largest absolute Gasteiger partial charge is 0.315 e. The predicted molar refractivity (Wildman–Crippen MR) is 76.4 cm³/mol. The fourth-order valence-corrected chi connectivity index (χ4v) is 3.59. The first-order chi connectivity index (χ1) is 9.68. The minimum absolute atomic E-state index is 0.133. The van der Waals surface area contributed by atoms with Crippen LogP contribution in [0.2, 0.25) is 0 Å². The van der Waals surface area contributed by atoms with Crippen LogP contribution in [0.5, 0.6) is 0 Å². The maximum absolute atomic E-state index is 12.0. The van der Waals surface area contributed by atoms with Crippen molar-refractivity contribution in [2.45, 2.75) is 44.1 Å². The zero-order valence-electron chi connectivity index (χ0n) is 11.7. The summed E-state index contributed by atoms with van der Waals surface area (Å²) in [7, 11) is 1.82. The lowest BCUT2D eigenvalue weighted by atomic mass is 9.84. The molecule has 0 atom stereocenters. The van der Waals surface area contributed by atoms with Gasteiger partial charge in [0.15, 0.2) is 0 Å². The second kappa shape index (κ2) is 4.88. The van der Waals surface area contributed by atoms with Crippen LogP contribution in [0.15, 0.2) is 23.2 Å². The Bertz CT molecular complexity index is 596. The van der Waals surface area contributed by atoms with Crippen molar-refractivity contribution >= 4 is 17.7 Å². The third-order valence-electron chi connectivity index (χ3n) is 4.63. The summed E-state index contributed by atoms with van der Waals surface area (Å²) in [6.07, 6.45) is 6.92. The number of carbonyl (C=O) groups excluding carboxylic acids is 2. The highest BCUT2D eigenvalue weighted by atomic mass is 16.2. The molecule has 0 N–H and O–H groups in total. The fraction of sp³-hybridized carbons (Fsp3) is 0.500. The van der Waals surface area contributed by atoms with Crippen LogP contribution < -0.4 is 4.90 Å². The van der Waals surface area contributed by atoms with Crippen LogP contribution in [0, 0.1) is 0 Å². The van der Waals surface area contributed by atoms with Crippen LogP contribution in [-0.4, -0.2) is 19.0 Å². The molecule has 0 aromatic heterocycles. The van der Waals surface area contributed by atoms with Gasteiger partial charge in [-0.1, -0.05) is 31.0 Å². The second-order valence-electron chi connectivity index (χ2n) is 5.71. The van der Waals surface area contributed by atoms with Gasteiger partial charge in [-0.2, -0.15) is 4.99 Å². The first-order valence-electron chi connectivity index (χ1n) is 7.16. The number of aliphatic imine (C=N–C) groups is 1.